The Labute approximate surface area is 196 Å². The first-order valence-electron chi connectivity index (χ1n) is 11.8. The quantitative estimate of drug-likeness (QED) is 0.608. The first kappa shape index (κ1) is 23.4. The SMILES string of the molecule is CCN(CCNC(=O)[C@H]1CN(Cc2ccccc2)C[C@@]12OCCNC2=O)Cc1ccccc1. The summed E-state index contributed by atoms with van der Waals surface area (Å²) in [5.74, 6) is -0.826. The van der Waals surface area contributed by atoms with Crippen LogP contribution in [0.1, 0.15) is 18.1 Å². The van der Waals surface area contributed by atoms with Crippen LogP contribution in [0.25, 0.3) is 0 Å². The van der Waals surface area contributed by atoms with Crippen LogP contribution in [-0.4, -0.2) is 73.1 Å². The molecule has 2 saturated heterocycles. The van der Waals surface area contributed by atoms with E-state index in [1.807, 2.05) is 36.4 Å². The van der Waals surface area contributed by atoms with Gasteiger partial charge in [-0.05, 0) is 17.7 Å². The third-order valence-corrected chi connectivity index (χ3v) is 6.58. The molecule has 2 aliphatic rings. The number of morpholine rings is 1. The van der Waals surface area contributed by atoms with Gasteiger partial charge in [-0.2, -0.15) is 0 Å². The van der Waals surface area contributed by atoms with Crippen LogP contribution in [0.2, 0.25) is 0 Å². The molecule has 176 valence electrons. The van der Waals surface area contributed by atoms with E-state index in [9.17, 15) is 9.59 Å². The van der Waals surface area contributed by atoms with Crippen molar-refractivity contribution in [3.63, 3.8) is 0 Å². The molecule has 2 N–H and O–H groups in total. The van der Waals surface area contributed by atoms with Gasteiger partial charge in [-0.25, -0.2) is 0 Å². The number of amides is 2. The molecule has 1 spiro atoms. The van der Waals surface area contributed by atoms with Crippen molar-refractivity contribution in [1.29, 1.82) is 0 Å². The van der Waals surface area contributed by atoms with Crippen LogP contribution in [0.15, 0.2) is 60.7 Å². The van der Waals surface area contributed by atoms with Gasteiger partial charge in [0.25, 0.3) is 5.91 Å². The second-order valence-electron chi connectivity index (χ2n) is 8.85. The van der Waals surface area contributed by atoms with Gasteiger partial charge in [0.15, 0.2) is 5.60 Å². The van der Waals surface area contributed by atoms with Crippen molar-refractivity contribution in [1.82, 2.24) is 20.4 Å². The monoisotopic (exact) mass is 450 g/mol. The lowest BCUT2D eigenvalue weighted by Gasteiger charge is -2.36. The zero-order chi connectivity index (χ0) is 23.1. The Morgan fingerprint density at radius 1 is 1.15 bits per heavy atom. The summed E-state index contributed by atoms with van der Waals surface area (Å²) in [4.78, 5) is 30.6. The molecule has 0 saturated carbocycles. The molecule has 2 amide bonds. The van der Waals surface area contributed by atoms with Crippen molar-refractivity contribution >= 4 is 11.8 Å². The number of likely N-dealkylation sites (N-methyl/N-ethyl adjacent to an activating group) is 1. The Hall–Kier alpha value is -2.74. The normalized spacial score (nSPS) is 23.1. The summed E-state index contributed by atoms with van der Waals surface area (Å²) in [6, 6.07) is 20.5. The van der Waals surface area contributed by atoms with E-state index in [2.05, 4.69) is 51.6 Å². The van der Waals surface area contributed by atoms with Gasteiger partial charge in [0.05, 0.1) is 12.5 Å². The van der Waals surface area contributed by atoms with Crippen molar-refractivity contribution in [3.8, 4) is 0 Å². The average molecular weight is 451 g/mol. The van der Waals surface area contributed by atoms with Crippen LogP contribution < -0.4 is 10.6 Å². The summed E-state index contributed by atoms with van der Waals surface area (Å²) in [5, 5.41) is 6.00. The zero-order valence-corrected chi connectivity index (χ0v) is 19.3. The fourth-order valence-corrected chi connectivity index (χ4v) is 4.81. The number of hydrogen-bond acceptors (Lipinski definition) is 5. The second-order valence-corrected chi connectivity index (χ2v) is 8.85. The van der Waals surface area contributed by atoms with Crippen LogP contribution in [0, 0.1) is 5.92 Å². The van der Waals surface area contributed by atoms with Gasteiger partial charge in [0.1, 0.15) is 0 Å². The minimum atomic E-state index is -1.12. The highest BCUT2D eigenvalue weighted by atomic mass is 16.5. The van der Waals surface area contributed by atoms with Crippen LogP contribution in [-0.2, 0) is 27.4 Å². The molecule has 0 radical (unpaired) electrons. The molecule has 2 aromatic rings. The van der Waals surface area contributed by atoms with E-state index in [0.29, 0.717) is 39.3 Å². The van der Waals surface area contributed by atoms with Gasteiger partial charge in [-0.1, -0.05) is 67.6 Å². The van der Waals surface area contributed by atoms with Gasteiger partial charge in [0.2, 0.25) is 5.91 Å². The molecule has 2 atom stereocenters. The highest BCUT2D eigenvalue weighted by molar-refractivity contribution is 5.94. The number of nitrogens with zero attached hydrogens (tertiary/aromatic N) is 2. The van der Waals surface area contributed by atoms with Crippen molar-refractivity contribution in [2.45, 2.75) is 25.6 Å². The van der Waals surface area contributed by atoms with E-state index < -0.39 is 11.5 Å². The Bertz CT molecular complexity index is 924. The molecule has 2 fully saturated rings. The molecule has 4 rings (SSSR count). The third kappa shape index (κ3) is 5.61. The molecule has 7 nitrogen and oxygen atoms in total. The number of benzene rings is 2. The van der Waals surface area contributed by atoms with E-state index in [-0.39, 0.29) is 11.8 Å². The number of rotatable bonds is 9. The highest BCUT2D eigenvalue weighted by Crippen LogP contribution is 2.34. The predicted octanol–water partition coefficient (Wildman–Crippen LogP) is 1.64. The van der Waals surface area contributed by atoms with Crippen molar-refractivity contribution in [2.75, 3.05) is 45.9 Å². The highest BCUT2D eigenvalue weighted by Gasteiger charge is 2.57. The summed E-state index contributed by atoms with van der Waals surface area (Å²) in [5.41, 5.74) is 1.29. The number of ether oxygens (including phenoxy) is 1. The first-order valence-corrected chi connectivity index (χ1v) is 11.8. The minimum absolute atomic E-state index is 0.113. The van der Waals surface area contributed by atoms with Crippen LogP contribution in [0.5, 0.6) is 0 Å². The van der Waals surface area contributed by atoms with Gasteiger partial charge in [-0.15, -0.1) is 0 Å². The predicted molar refractivity (Wildman–Crippen MR) is 127 cm³/mol. The lowest BCUT2D eigenvalue weighted by atomic mass is 9.88. The number of likely N-dealkylation sites (tertiary alicyclic amines) is 1. The zero-order valence-electron chi connectivity index (χ0n) is 19.3. The maximum Gasteiger partial charge on any atom is 0.254 e. The summed E-state index contributed by atoms with van der Waals surface area (Å²) in [6.07, 6.45) is 0. The minimum Gasteiger partial charge on any atom is -0.361 e. The molecule has 0 aliphatic carbocycles. The van der Waals surface area contributed by atoms with E-state index in [4.69, 9.17) is 4.74 Å². The molecular formula is C26H34N4O3. The molecule has 2 aromatic carbocycles. The molecule has 33 heavy (non-hydrogen) atoms. The van der Waals surface area contributed by atoms with Gasteiger partial charge < -0.3 is 15.4 Å². The van der Waals surface area contributed by atoms with Crippen molar-refractivity contribution in [3.05, 3.63) is 71.8 Å². The second kappa shape index (κ2) is 10.9. The number of nitrogens with one attached hydrogen (secondary N) is 2. The van der Waals surface area contributed by atoms with Crippen LogP contribution >= 0.6 is 0 Å². The maximum absolute atomic E-state index is 13.3. The molecule has 0 bridgehead atoms. The Morgan fingerprint density at radius 3 is 2.52 bits per heavy atom. The Balaban J connectivity index is 1.38. The smallest absolute Gasteiger partial charge is 0.254 e. The first-order chi connectivity index (χ1) is 16.1. The summed E-state index contributed by atoms with van der Waals surface area (Å²) >= 11 is 0. The summed E-state index contributed by atoms with van der Waals surface area (Å²) < 4.78 is 6.04. The molecule has 0 aromatic heterocycles. The lowest BCUT2D eigenvalue weighted by Crippen LogP contribution is -2.62. The van der Waals surface area contributed by atoms with Gasteiger partial charge in [0, 0.05) is 45.8 Å². The summed E-state index contributed by atoms with van der Waals surface area (Å²) in [7, 11) is 0. The van der Waals surface area contributed by atoms with Crippen LogP contribution in [0.3, 0.4) is 0 Å². The lowest BCUT2D eigenvalue weighted by molar-refractivity contribution is -0.163. The van der Waals surface area contributed by atoms with Crippen molar-refractivity contribution < 1.29 is 14.3 Å². The fraction of sp³-hybridized carbons (Fsp3) is 0.462. The third-order valence-electron chi connectivity index (χ3n) is 6.58. The van der Waals surface area contributed by atoms with E-state index in [1.165, 1.54) is 5.56 Å². The molecule has 7 heteroatoms. The standard InChI is InChI=1S/C26H34N4O3/c1-2-29(17-21-9-5-3-6-10-21)15-13-27-24(31)23-19-30(18-22-11-7-4-8-12-22)20-26(23)25(32)28-14-16-33-26/h3-12,23H,2,13-20H2,1H3,(H,27,31)(H,28,32)/t23-,26-/m1/s1. The fourth-order valence-electron chi connectivity index (χ4n) is 4.81. The van der Waals surface area contributed by atoms with E-state index in [0.717, 1.165) is 25.2 Å². The molecule has 2 aliphatic heterocycles. The van der Waals surface area contributed by atoms with Crippen molar-refractivity contribution in [2.24, 2.45) is 5.92 Å². The Kier molecular flexibility index (Phi) is 7.75. The van der Waals surface area contributed by atoms with E-state index >= 15 is 0 Å². The van der Waals surface area contributed by atoms with Gasteiger partial charge in [-0.3, -0.25) is 19.4 Å². The number of carbonyl (C=O) groups excluding carboxylic acids is 2. The molecule has 2 heterocycles. The maximum atomic E-state index is 13.3. The topological polar surface area (TPSA) is 73.9 Å². The average Bonchev–Trinajstić information content (AvgIpc) is 3.20. The molecule has 0 unspecified atom stereocenters. The largest absolute Gasteiger partial charge is 0.361 e. The summed E-state index contributed by atoms with van der Waals surface area (Å²) in [6.45, 7) is 7.65. The van der Waals surface area contributed by atoms with Crippen LogP contribution in [0.4, 0.5) is 0 Å². The molecular weight excluding hydrogens is 416 g/mol. The van der Waals surface area contributed by atoms with E-state index in [1.54, 1.807) is 0 Å². The van der Waals surface area contributed by atoms with Gasteiger partial charge >= 0.3 is 0 Å². The number of hydrogen-bond donors (Lipinski definition) is 2. The Morgan fingerprint density at radius 2 is 1.85 bits per heavy atom. The number of carbonyl (C=O) groups is 2.